The molecule has 0 saturated heterocycles. The summed E-state index contributed by atoms with van der Waals surface area (Å²) in [6.45, 7) is 0. The van der Waals surface area contributed by atoms with E-state index in [1.807, 2.05) is 18.2 Å². The van der Waals surface area contributed by atoms with Gasteiger partial charge in [0.05, 0.1) is 13.0 Å². The standard InChI is InChI=1S/C14H14N2O3/c1-18-14(17)10-5-11(6-10)19-12-4-2-3-9-7-15-8-16-13(9)12/h2-4,7-8,10-11H,5-6H2,1H3/t10-,11-. The minimum atomic E-state index is -0.153. The van der Waals surface area contributed by atoms with E-state index in [0.29, 0.717) is 12.8 Å². The first kappa shape index (κ1) is 11.9. The van der Waals surface area contributed by atoms with Crippen LogP contribution in [-0.4, -0.2) is 29.2 Å². The van der Waals surface area contributed by atoms with Gasteiger partial charge in [0.25, 0.3) is 0 Å². The van der Waals surface area contributed by atoms with Crippen molar-refractivity contribution in [3.8, 4) is 5.75 Å². The lowest BCUT2D eigenvalue weighted by Crippen LogP contribution is -2.38. The summed E-state index contributed by atoms with van der Waals surface area (Å²) >= 11 is 0. The van der Waals surface area contributed by atoms with Crippen molar-refractivity contribution in [1.82, 2.24) is 9.97 Å². The molecule has 0 atom stereocenters. The number of ether oxygens (including phenoxy) is 2. The number of carbonyl (C=O) groups excluding carboxylic acids is 1. The molecule has 2 aromatic rings. The molecule has 0 radical (unpaired) electrons. The second kappa shape index (κ2) is 4.84. The number of rotatable bonds is 3. The molecule has 1 aliphatic carbocycles. The first-order valence-electron chi connectivity index (χ1n) is 6.21. The number of hydrogen-bond donors (Lipinski definition) is 0. The number of aromatic nitrogens is 2. The highest BCUT2D eigenvalue weighted by Gasteiger charge is 2.37. The van der Waals surface area contributed by atoms with E-state index in [9.17, 15) is 4.79 Å². The molecule has 0 bridgehead atoms. The molecule has 0 unspecified atom stereocenters. The Morgan fingerprint density at radius 2 is 2.21 bits per heavy atom. The molecule has 5 heteroatoms. The van der Waals surface area contributed by atoms with Gasteiger partial charge in [-0.2, -0.15) is 0 Å². The Labute approximate surface area is 110 Å². The second-order valence-electron chi connectivity index (χ2n) is 4.65. The summed E-state index contributed by atoms with van der Waals surface area (Å²) in [5, 5.41) is 0.948. The molecule has 3 rings (SSSR count). The highest BCUT2D eigenvalue weighted by molar-refractivity contribution is 5.83. The molecule has 98 valence electrons. The van der Waals surface area contributed by atoms with Gasteiger partial charge >= 0.3 is 5.97 Å². The van der Waals surface area contributed by atoms with E-state index in [1.54, 1.807) is 6.20 Å². The van der Waals surface area contributed by atoms with Gasteiger partial charge < -0.3 is 9.47 Å². The average molecular weight is 258 g/mol. The number of esters is 1. The third-order valence-corrected chi connectivity index (χ3v) is 3.42. The zero-order valence-electron chi connectivity index (χ0n) is 10.6. The Kier molecular flexibility index (Phi) is 3.03. The molecular weight excluding hydrogens is 244 g/mol. The summed E-state index contributed by atoms with van der Waals surface area (Å²) in [5.74, 6) is 0.563. The quantitative estimate of drug-likeness (QED) is 0.787. The van der Waals surface area contributed by atoms with Crippen LogP contribution in [0.25, 0.3) is 10.9 Å². The molecule has 1 saturated carbocycles. The normalized spacial score (nSPS) is 21.7. The Balaban J connectivity index is 1.72. The minimum Gasteiger partial charge on any atom is -0.488 e. The van der Waals surface area contributed by atoms with Gasteiger partial charge in [0.2, 0.25) is 0 Å². The van der Waals surface area contributed by atoms with Gasteiger partial charge in [0, 0.05) is 11.6 Å². The summed E-state index contributed by atoms with van der Waals surface area (Å²) in [6, 6.07) is 5.75. The van der Waals surface area contributed by atoms with Gasteiger partial charge in [0.15, 0.2) is 0 Å². The van der Waals surface area contributed by atoms with Crippen molar-refractivity contribution >= 4 is 16.9 Å². The van der Waals surface area contributed by atoms with Crippen LogP contribution in [0.4, 0.5) is 0 Å². The Morgan fingerprint density at radius 3 is 3.00 bits per heavy atom. The van der Waals surface area contributed by atoms with E-state index in [2.05, 4.69) is 9.97 Å². The van der Waals surface area contributed by atoms with Gasteiger partial charge in [0.1, 0.15) is 23.7 Å². The zero-order chi connectivity index (χ0) is 13.2. The predicted molar refractivity (Wildman–Crippen MR) is 68.7 cm³/mol. The molecule has 5 nitrogen and oxygen atoms in total. The van der Waals surface area contributed by atoms with Gasteiger partial charge in [-0.25, -0.2) is 9.97 Å². The van der Waals surface area contributed by atoms with Crippen LogP contribution < -0.4 is 4.74 Å². The fourth-order valence-electron chi connectivity index (χ4n) is 2.28. The topological polar surface area (TPSA) is 61.3 Å². The highest BCUT2D eigenvalue weighted by Crippen LogP contribution is 2.34. The fourth-order valence-corrected chi connectivity index (χ4v) is 2.28. The van der Waals surface area contributed by atoms with E-state index < -0.39 is 0 Å². The number of hydrogen-bond acceptors (Lipinski definition) is 5. The number of nitrogens with zero attached hydrogens (tertiary/aromatic N) is 2. The first-order valence-corrected chi connectivity index (χ1v) is 6.21. The maximum Gasteiger partial charge on any atom is 0.308 e. The van der Waals surface area contributed by atoms with Gasteiger partial charge in [-0.3, -0.25) is 4.79 Å². The van der Waals surface area contributed by atoms with Crippen LogP contribution in [0.5, 0.6) is 5.75 Å². The number of fused-ring (bicyclic) bond motifs is 1. The molecule has 1 aliphatic rings. The molecular formula is C14H14N2O3. The van der Waals surface area contributed by atoms with E-state index in [0.717, 1.165) is 16.7 Å². The van der Waals surface area contributed by atoms with Crippen molar-refractivity contribution in [2.75, 3.05) is 7.11 Å². The predicted octanol–water partition coefficient (Wildman–Crippen LogP) is 1.96. The molecule has 0 spiro atoms. The van der Waals surface area contributed by atoms with Crippen LogP contribution in [0, 0.1) is 5.92 Å². The van der Waals surface area contributed by atoms with Crippen LogP contribution in [0.3, 0.4) is 0 Å². The van der Waals surface area contributed by atoms with E-state index in [1.165, 1.54) is 13.4 Å². The Bertz CT molecular complexity index is 603. The summed E-state index contributed by atoms with van der Waals surface area (Å²) in [5.41, 5.74) is 0.805. The lowest BCUT2D eigenvalue weighted by Gasteiger charge is -2.33. The summed E-state index contributed by atoms with van der Waals surface area (Å²) < 4.78 is 10.6. The third-order valence-electron chi connectivity index (χ3n) is 3.42. The lowest BCUT2D eigenvalue weighted by atomic mass is 9.82. The first-order chi connectivity index (χ1) is 9.28. The molecule has 1 aromatic heterocycles. The van der Waals surface area contributed by atoms with Crippen molar-refractivity contribution in [2.24, 2.45) is 5.92 Å². The molecule has 1 fully saturated rings. The van der Waals surface area contributed by atoms with Gasteiger partial charge in [-0.15, -0.1) is 0 Å². The minimum absolute atomic E-state index is 0.0281. The van der Waals surface area contributed by atoms with Crippen LogP contribution in [-0.2, 0) is 9.53 Å². The van der Waals surface area contributed by atoms with Gasteiger partial charge in [-0.05, 0) is 18.9 Å². The maximum absolute atomic E-state index is 11.3. The number of methoxy groups -OCH3 is 1. The van der Waals surface area contributed by atoms with Crippen molar-refractivity contribution in [3.63, 3.8) is 0 Å². The zero-order valence-corrected chi connectivity index (χ0v) is 10.6. The van der Waals surface area contributed by atoms with E-state index >= 15 is 0 Å². The van der Waals surface area contributed by atoms with Crippen molar-refractivity contribution in [2.45, 2.75) is 18.9 Å². The van der Waals surface area contributed by atoms with Crippen LogP contribution in [0.1, 0.15) is 12.8 Å². The van der Waals surface area contributed by atoms with Crippen LogP contribution in [0.2, 0.25) is 0 Å². The highest BCUT2D eigenvalue weighted by atomic mass is 16.5. The lowest BCUT2D eigenvalue weighted by molar-refractivity contribution is -0.151. The molecule has 0 amide bonds. The summed E-state index contributed by atoms with van der Waals surface area (Å²) in [6.07, 6.45) is 4.73. The van der Waals surface area contributed by atoms with Gasteiger partial charge in [-0.1, -0.05) is 12.1 Å². The maximum atomic E-state index is 11.3. The molecule has 1 aromatic carbocycles. The summed E-state index contributed by atoms with van der Waals surface area (Å²) in [7, 11) is 1.41. The average Bonchev–Trinajstić information content (AvgIpc) is 2.41. The van der Waals surface area contributed by atoms with Crippen molar-refractivity contribution < 1.29 is 14.3 Å². The van der Waals surface area contributed by atoms with E-state index in [-0.39, 0.29) is 18.0 Å². The fraction of sp³-hybridized carbons (Fsp3) is 0.357. The Morgan fingerprint density at radius 1 is 1.37 bits per heavy atom. The number of carbonyl (C=O) groups is 1. The molecule has 19 heavy (non-hydrogen) atoms. The van der Waals surface area contributed by atoms with Crippen LogP contribution in [0.15, 0.2) is 30.7 Å². The third kappa shape index (κ3) is 2.23. The monoisotopic (exact) mass is 258 g/mol. The largest absolute Gasteiger partial charge is 0.488 e. The Hall–Kier alpha value is -2.17. The molecule has 0 aliphatic heterocycles. The molecule has 0 N–H and O–H groups in total. The number of benzene rings is 1. The molecule has 1 heterocycles. The van der Waals surface area contributed by atoms with Crippen molar-refractivity contribution in [3.05, 3.63) is 30.7 Å². The van der Waals surface area contributed by atoms with E-state index in [4.69, 9.17) is 9.47 Å². The van der Waals surface area contributed by atoms with Crippen molar-refractivity contribution in [1.29, 1.82) is 0 Å². The van der Waals surface area contributed by atoms with Crippen LogP contribution >= 0.6 is 0 Å². The smallest absolute Gasteiger partial charge is 0.308 e. The SMILES string of the molecule is COC(=O)[C@H]1C[C@H](Oc2cccc3cncnc23)C1. The second-order valence-corrected chi connectivity index (χ2v) is 4.65. The summed E-state index contributed by atoms with van der Waals surface area (Å²) in [4.78, 5) is 19.5. The number of para-hydroxylation sites is 1.